The van der Waals surface area contributed by atoms with Crippen LogP contribution in [0.3, 0.4) is 0 Å². The number of piperazine rings is 1. The maximum absolute atomic E-state index is 12.6. The number of rotatable bonds is 4. The number of nitrogens with zero attached hydrogens (tertiary/aromatic N) is 2. The topological polar surface area (TPSA) is 52.9 Å². The zero-order valence-corrected chi connectivity index (χ0v) is 16.2. The Morgan fingerprint density at radius 2 is 1.52 bits per heavy atom. The first kappa shape index (κ1) is 21.7. The summed E-state index contributed by atoms with van der Waals surface area (Å²) in [7, 11) is 3.92. The summed E-state index contributed by atoms with van der Waals surface area (Å²) in [5, 5.41) is 1.02. The number of benzene rings is 1. The Morgan fingerprint density at radius 3 is 2.12 bits per heavy atom. The summed E-state index contributed by atoms with van der Waals surface area (Å²) in [6.07, 6.45) is 0.917. The van der Waals surface area contributed by atoms with Crippen LogP contribution in [0.15, 0.2) is 33.9 Å². The highest BCUT2D eigenvalue weighted by molar-refractivity contribution is 5.80. The van der Waals surface area contributed by atoms with Crippen molar-refractivity contribution in [2.24, 2.45) is 7.05 Å². The van der Waals surface area contributed by atoms with E-state index in [4.69, 9.17) is 0 Å². The Labute approximate surface area is 159 Å². The van der Waals surface area contributed by atoms with E-state index in [2.05, 4.69) is 7.05 Å². The molecule has 140 valence electrons. The third kappa shape index (κ3) is 4.64. The molecule has 1 aliphatic heterocycles. The van der Waals surface area contributed by atoms with Gasteiger partial charge in [0.1, 0.15) is 26.2 Å². The van der Waals surface area contributed by atoms with Crippen LogP contribution in [-0.4, -0.2) is 49.1 Å². The Balaban J connectivity index is 0.00000156. The second-order valence-corrected chi connectivity index (χ2v) is 6.61. The Morgan fingerprint density at radius 1 is 0.960 bits per heavy atom. The Bertz CT molecular complexity index is 810. The molecule has 1 saturated heterocycles. The van der Waals surface area contributed by atoms with Gasteiger partial charge in [0, 0.05) is 20.0 Å². The molecule has 3 rings (SSSR count). The van der Waals surface area contributed by atoms with Gasteiger partial charge in [0.05, 0.1) is 24.4 Å². The fourth-order valence-electron chi connectivity index (χ4n) is 3.43. The number of nitrogens with one attached hydrogen (secondary N) is 2. The molecular formula is C17H26Cl2N4O2. The first-order valence-electron chi connectivity index (χ1n) is 8.41. The molecule has 25 heavy (non-hydrogen) atoms. The zero-order valence-electron chi connectivity index (χ0n) is 14.7. The van der Waals surface area contributed by atoms with Crippen LogP contribution < -0.4 is 45.7 Å². The van der Waals surface area contributed by atoms with E-state index in [9.17, 15) is 9.59 Å². The van der Waals surface area contributed by atoms with E-state index in [1.165, 1.54) is 30.9 Å². The monoisotopic (exact) mass is 388 g/mol. The highest BCUT2D eigenvalue weighted by Gasteiger charge is 2.19. The zero-order chi connectivity index (χ0) is 16.4. The molecule has 0 spiro atoms. The van der Waals surface area contributed by atoms with Gasteiger partial charge in [-0.25, -0.2) is 4.68 Å². The number of quaternary nitrogens is 2. The minimum absolute atomic E-state index is 0. The van der Waals surface area contributed by atoms with Crippen LogP contribution in [0, 0.1) is 0 Å². The molecule has 1 aliphatic rings. The summed E-state index contributed by atoms with van der Waals surface area (Å²) >= 11 is 0. The molecule has 0 aliphatic carbocycles. The molecule has 2 N–H and O–H groups in total. The van der Waals surface area contributed by atoms with E-state index in [0.29, 0.717) is 17.3 Å². The van der Waals surface area contributed by atoms with Crippen LogP contribution in [0.5, 0.6) is 0 Å². The third-order valence-electron chi connectivity index (χ3n) is 4.99. The molecule has 1 aromatic heterocycles. The number of halogens is 2. The Hall–Kier alpha value is -1.34. The van der Waals surface area contributed by atoms with E-state index in [1.807, 2.05) is 6.07 Å². The van der Waals surface area contributed by atoms with Crippen molar-refractivity contribution < 1.29 is 34.6 Å². The molecule has 0 radical (unpaired) electrons. The van der Waals surface area contributed by atoms with Gasteiger partial charge < -0.3 is 34.6 Å². The predicted octanol–water partition coefficient (Wildman–Crippen LogP) is -8.49. The summed E-state index contributed by atoms with van der Waals surface area (Å²) in [6.45, 7) is 6.46. The highest BCUT2D eigenvalue weighted by Crippen LogP contribution is 2.03. The number of aromatic nitrogens is 2. The average Bonchev–Trinajstić information content (AvgIpc) is 2.57. The normalized spacial score (nSPS) is 19.9. The van der Waals surface area contributed by atoms with Crippen molar-refractivity contribution in [1.82, 2.24) is 9.36 Å². The lowest BCUT2D eigenvalue weighted by Crippen LogP contribution is -3.27. The third-order valence-corrected chi connectivity index (χ3v) is 4.99. The molecule has 1 aromatic carbocycles. The molecule has 0 unspecified atom stereocenters. The van der Waals surface area contributed by atoms with E-state index in [1.54, 1.807) is 39.7 Å². The second kappa shape index (κ2) is 9.38. The minimum Gasteiger partial charge on any atom is -1.00 e. The summed E-state index contributed by atoms with van der Waals surface area (Å²) in [5.41, 5.74) is -0.170. The minimum atomic E-state index is -0.101. The second-order valence-electron chi connectivity index (χ2n) is 6.61. The van der Waals surface area contributed by atoms with Crippen molar-refractivity contribution in [3.05, 3.63) is 45.0 Å². The highest BCUT2D eigenvalue weighted by atomic mass is 35.5. The molecule has 8 heteroatoms. The van der Waals surface area contributed by atoms with Gasteiger partial charge in [0.2, 0.25) is 0 Å². The molecular weight excluding hydrogens is 363 g/mol. The molecule has 6 nitrogen and oxygen atoms in total. The SMILES string of the molecule is Cn1c(=O)c2ccccc2c(=O)n1CCC[NH+]1CC[NH+](C)CC1.[Cl-].[Cl-]. The maximum Gasteiger partial charge on any atom is 0.273 e. The van der Waals surface area contributed by atoms with Crippen molar-refractivity contribution >= 4 is 10.8 Å². The van der Waals surface area contributed by atoms with Crippen molar-refractivity contribution in [3.63, 3.8) is 0 Å². The van der Waals surface area contributed by atoms with Crippen LogP contribution in [0.1, 0.15) is 6.42 Å². The van der Waals surface area contributed by atoms with E-state index < -0.39 is 0 Å². The smallest absolute Gasteiger partial charge is 0.273 e. The molecule has 0 bridgehead atoms. The predicted molar refractivity (Wildman–Crippen MR) is 90.3 cm³/mol. The average molecular weight is 389 g/mol. The summed E-state index contributed by atoms with van der Waals surface area (Å²) in [6, 6.07) is 7.07. The first-order valence-corrected chi connectivity index (χ1v) is 8.41. The van der Waals surface area contributed by atoms with Crippen molar-refractivity contribution in [2.75, 3.05) is 39.8 Å². The van der Waals surface area contributed by atoms with Crippen molar-refractivity contribution in [2.45, 2.75) is 13.0 Å². The van der Waals surface area contributed by atoms with Gasteiger partial charge in [-0.1, -0.05) is 12.1 Å². The van der Waals surface area contributed by atoms with E-state index >= 15 is 0 Å². The van der Waals surface area contributed by atoms with Gasteiger partial charge in [-0.15, -0.1) is 0 Å². The Kier molecular flexibility index (Phi) is 8.15. The van der Waals surface area contributed by atoms with Gasteiger partial charge >= 0.3 is 0 Å². The molecule has 0 atom stereocenters. The largest absolute Gasteiger partial charge is 1.00 e. The molecule has 2 aromatic rings. The quantitative estimate of drug-likeness (QED) is 0.546. The summed E-state index contributed by atoms with van der Waals surface area (Å²) in [4.78, 5) is 28.2. The van der Waals surface area contributed by atoms with Crippen molar-refractivity contribution in [1.29, 1.82) is 0 Å². The number of likely N-dealkylation sites (N-methyl/N-ethyl adjacent to an activating group) is 1. The van der Waals surface area contributed by atoms with Crippen LogP contribution in [0.4, 0.5) is 0 Å². The van der Waals surface area contributed by atoms with Gasteiger partial charge in [-0.05, 0) is 12.1 Å². The standard InChI is InChI=1S/C17H24N4O2.2ClH/c1-18-10-12-20(13-11-18)8-5-9-21-17(23)15-7-4-3-6-14(15)16(22)19(21)2;;/h3-4,6-7H,5,8-13H2,1-2H3;2*1H. The molecule has 2 heterocycles. The van der Waals surface area contributed by atoms with E-state index in [-0.39, 0.29) is 35.9 Å². The van der Waals surface area contributed by atoms with Crippen LogP contribution >= 0.6 is 0 Å². The number of fused-ring (bicyclic) bond motifs is 1. The lowest BCUT2D eigenvalue weighted by molar-refractivity contribution is -1.00. The first-order chi connectivity index (χ1) is 11.1. The van der Waals surface area contributed by atoms with Crippen LogP contribution in [0.25, 0.3) is 10.8 Å². The van der Waals surface area contributed by atoms with Crippen molar-refractivity contribution in [3.8, 4) is 0 Å². The maximum atomic E-state index is 12.6. The summed E-state index contributed by atoms with van der Waals surface area (Å²) < 4.78 is 3.06. The summed E-state index contributed by atoms with van der Waals surface area (Å²) in [5.74, 6) is 0. The van der Waals surface area contributed by atoms with Gasteiger partial charge in [0.25, 0.3) is 11.1 Å². The molecule has 0 amide bonds. The number of hydrogen-bond donors (Lipinski definition) is 2. The molecule has 0 saturated carbocycles. The van der Waals surface area contributed by atoms with E-state index in [0.717, 1.165) is 13.0 Å². The lowest BCUT2D eigenvalue weighted by Gasteiger charge is -2.27. The van der Waals surface area contributed by atoms with Crippen LogP contribution in [0.2, 0.25) is 0 Å². The number of hydrogen-bond acceptors (Lipinski definition) is 2. The lowest BCUT2D eigenvalue weighted by atomic mass is 10.2. The fraction of sp³-hybridized carbons (Fsp3) is 0.529. The van der Waals surface area contributed by atoms with Gasteiger partial charge in [-0.3, -0.25) is 14.3 Å². The fourth-order valence-corrected chi connectivity index (χ4v) is 3.43. The van der Waals surface area contributed by atoms with Gasteiger partial charge in [0.15, 0.2) is 0 Å². The van der Waals surface area contributed by atoms with Gasteiger partial charge in [-0.2, -0.15) is 0 Å². The molecule has 1 fully saturated rings. The van der Waals surface area contributed by atoms with Crippen LogP contribution in [-0.2, 0) is 13.6 Å².